The Morgan fingerprint density at radius 3 is 1.96 bits per heavy atom. The van der Waals surface area contributed by atoms with Crippen molar-refractivity contribution in [2.24, 2.45) is 0 Å². The van der Waals surface area contributed by atoms with Crippen LogP contribution in [0, 0.1) is 0 Å². The second-order valence-electron chi connectivity index (χ2n) is 6.43. The Kier molecular flexibility index (Phi) is 4.54. The van der Waals surface area contributed by atoms with Gasteiger partial charge in [0.1, 0.15) is 0 Å². The zero-order valence-electron chi connectivity index (χ0n) is 14.4. The summed E-state index contributed by atoms with van der Waals surface area (Å²) in [4.78, 5) is 27.7. The number of nitrogens with zero attached hydrogens (tertiary/aromatic N) is 1. The third kappa shape index (κ3) is 3.04. The van der Waals surface area contributed by atoms with Crippen LogP contribution >= 0.6 is 15.9 Å². The van der Waals surface area contributed by atoms with Crippen molar-refractivity contribution >= 4 is 27.9 Å². The molecule has 27 heavy (non-hydrogen) atoms. The zero-order valence-corrected chi connectivity index (χ0v) is 16.0. The highest BCUT2D eigenvalue weighted by atomic mass is 79.9. The van der Waals surface area contributed by atoms with Gasteiger partial charge in [-0.05, 0) is 28.8 Å². The highest BCUT2D eigenvalue weighted by molar-refractivity contribution is 9.10. The SMILES string of the molecule is O=C1NC(c2ccccc2)(c2ccccc2)C(=O)N1Cc1cccc(Br)c1. The molecule has 3 aromatic rings. The first-order valence-electron chi connectivity index (χ1n) is 8.61. The third-order valence-electron chi connectivity index (χ3n) is 4.75. The number of carbonyl (C=O) groups excluding carboxylic acids is 2. The lowest BCUT2D eigenvalue weighted by molar-refractivity contribution is -0.130. The number of amides is 3. The molecular weight excluding hydrogens is 404 g/mol. The molecule has 0 saturated carbocycles. The fraction of sp³-hybridized carbons (Fsp3) is 0.0909. The van der Waals surface area contributed by atoms with Crippen molar-refractivity contribution in [2.45, 2.75) is 12.1 Å². The van der Waals surface area contributed by atoms with E-state index in [-0.39, 0.29) is 12.5 Å². The van der Waals surface area contributed by atoms with Crippen molar-refractivity contribution in [3.63, 3.8) is 0 Å². The van der Waals surface area contributed by atoms with Crippen LogP contribution in [0.25, 0.3) is 0 Å². The molecule has 3 amide bonds. The minimum absolute atomic E-state index is 0.214. The number of benzene rings is 3. The molecule has 1 aliphatic heterocycles. The minimum atomic E-state index is -1.22. The van der Waals surface area contributed by atoms with Crippen LogP contribution in [0.15, 0.2) is 89.4 Å². The fourth-order valence-corrected chi connectivity index (χ4v) is 3.92. The van der Waals surface area contributed by atoms with Crippen molar-refractivity contribution in [1.29, 1.82) is 0 Å². The van der Waals surface area contributed by atoms with Gasteiger partial charge in [0.2, 0.25) is 0 Å². The summed E-state index contributed by atoms with van der Waals surface area (Å²) in [5, 5.41) is 2.96. The number of imide groups is 1. The molecule has 1 heterocycles. The number of rotatable bonds is 4. The van der Waals surface area contributed by atoms with E-state index in [1.807, 2.05) is 84.9 Å². The largest absolute Gasteiger partial charge is 0.325 e. The topological polar surface area (TPSA) is 49.4 Å². The normalized spacial score (nSPS) is 15.7. The Morgan fingerprint density at radius 2 is 1.41 bits per heavy atom. The van der Waals surface area contributed by atoms with Gasteiger partial charge in [0.15, 0.2) is 5.54 Å². The molecule has 3 aromatic carbocycles. The molecule has 1 aliphatic rings. The lowest BCUT2D eigenvalue weighted by Gasteiger charge is -2.28. The Morgan fingerprint density at radius 1 is 0.815 bits per heavy atom. The van der Waals surface area contributed by atoms with E-state index in [0.29, 0.717) is 0 Å². The summed E-state index contributed by atoms with van der Waals surface area (Å²) in [6.07, 6.45) is 0. The summed E-state index contributed by atoms with van der Waals surface area (Å²) in [6, 6.07) is 26.0. The molecule has 4 rings (SSSR count). The van der Waals surface area contributed by atoms with Crippen molar-refractivity contribution in [2.75, 3.05) is 0 Å². The molecule has 0 radical (unpaired) electrons. The number of hydrogen-bond donors (Lipinski definition) is 1. The van der Waals surface area contributed by atoms with Gasteiger partial charge >= 0.3 is 6.03 Å². The van der Waals surface area contributed by atoms with Gasteiger partial charge in [0.05, 0.1) is 6.54 Å². The zero-order chi connectivity index (χ0) is 18.9. The molecule has 1 fully saturated rings. The second kappa shape index (κ2) is 7.00. The molecular formula is C22H17BrN2O2. The highest BCUT2D eigenvalue weighted by Gasteiger charge is 2.53. The van der Waals surface area contributed by atoms with Gasteiger partial charge in [0, 0.05) is 4.47 Å². The van der Waals surface area contributed by atoms with Crippen LogP contribution in [-0.2, 0) is 16.9 Å². The van der Waals surface area contributed by atoms with E-state index < -0.39 is 11.6 Å². The lowest BCUT2D eigenvalue weighted by atomic mass is 9.82. The molecule has 0 aliphatic carbocycles. The molecule has 4 nitrogen and oxygen atoms in total. The van der Waals surface area contributed by atoms with E-state index in [0.717, 1.165) is 21.2 Å². The number of halogens is 1. The molecule has 0 atom stereocenters. The Bertz CT molecular complexity index is 950. The minimum Gasteiger partial charge on any atom is -0.315 e. The first-order valence-corrected chi connectivity index (χ1v) is 9.40. The number of hydrogen-bond acceptors (Lipinski definition) is 2. The highest BCUT2D eigenvalue weighted by Crippen LogP contribution is 2.36. The monoisotopic (exact) mass is 420 g/mol. The molecule has 1 N–H and O–H groups in total. The summed E-state index contributed by atoms with van der Waals surface area (Å²) in [5.74, 6) is -0.273. The number of carbonyl (C=O) groups is 2. The molecule has 5 heteroatoms. The van der Waals surface area contributed by atoms with Crippen LogP contribution in [0.4, 0.5) is 4.79 Å². The van der Waals surface area contributed by atoms with Gasteiger partial charge in [-0.2, -0.15) is 0 Å². The van der Waals surface area contributed by atoms with E-state index in [9.17, 15) is 9.59 Å². The summed E-state index contributed by atoms with van der Waals surface area (Å²) < 4.78 is 0.907. The van der Waals surface area contributed by atoms with Crippen molar-refractivity contribution in [1.82, 2.24) is 10.2 Å². The Labute approximate surface area is 165 Å². The van der Waals surface area contributed by atoms with Crippen molar-refractivity contribution < 1.29 is 9.59 Å². The lowest BCUT2D eigenvalue weighted by Crippen LogP contribution is -2.45. The standard InChI is InChI=1S/C22H17BrN2O2/c23-19-13-7-8-16(14-19)15-25-20(26)22(24-21(25)27,17-9-3-1-4-10-17)18-11-5-2-6-12-18/h1-14H,15H2,(H,24,27). The quantitative estimate of drug-likeness (QED) is 0.634. The van der Waals surface area contributed by atoms with Gasteiger partial charge in [-0.1, -0.05) is 88.7 Å². The van der Waals surface area contributed by atoms with E-state index in [1.54, 1.807) is 0 Å². The molecule has 0 spiro atoms. The summed E-state index contributed by atoms with van der Waals surface area (Å²) in [6.45, 7) is 0.214. The molecule has 0 bridgehead atoms. The molecule has 134 valence electrons. The van der Waals surface area contributed by atoms with Crippen LogP contribution in [0.1, 0.15) is 16.7 Å². The van der Waals surface area contributed by atoms with Crippen LogP contribution < -0.4 is 5.32 Å². The molecule has 1 saturated heterocycles. The Hall–Kier alpha value is -2.92. The first-order chi connectivity index (χ1) is 13.1. The molecule has 0 aromatic heterocycles. The Balaban J connectivity index is 1.79. The van der Waals surface area contributed by atoms with E-state index in [1.165, 1.54) is 4.90 Å². The van der Waals surface area contributed by atoms with E-state index >= 15 is 0 Å². The van der Waals surface area contributed by atoms with Crippen molar-refractivity contribution in [3.05, 3.63) is 106 Å². The summed E-state index contributed by atoms with van der Waals surface area (Å²) in [5.41, 5.74) is 1.15. The maximum absolute atomic E-state index is 13.6. The van der Waals surface area contributed by atoms with E-state index in [4.69, 9.17) is 0 Å². The van der Waals surface area contributed by atoms with Crippen LogP contribution in [-0.4, -0.2) is 16.8 Å². The fourth-order valence-electron chi connectivity index (χ4n) is 3.47. The summed E-state index contributed by atoms with van der Waals surface area (Å²) >= 11 is 3.43. The number of nitrogens with one attached hydrogen (secondary N) is 1. The number of urea groups is 1. The average molecular weight is 421 g/mol. The second-order valence-corrected chi connectivity index (χ2v) is 7.35. The first kappa shape index (κ1) is 17.5. The predicted molar refractivity (Wildman–Crippen MR) is 107 cm³/mol. The van der Waals surface area contributed by atoms with Crippen molar-refractivity contribution in [3.8, 4) is 0 Å². The summed E-state index contributed by atoms with van der Waals surface area (Å²) in [7, 11) is 0. The molecule has 0 unspecified atom stereocenters. The third-order valence-corrected chi connectivity index (χ3v) is 5.24. The van der Waals surface area contributed by atoms with Crippen LogP contribution in [0.5, 0.6) is 0 Å². The van der Waals surface area contributed by atoms with Crippen LogP contribution in [0.3, 0.4) is 0 Å². The van der Waals surface area contributed by atoms with Gasteiger partial charge in [-0.25, -0.2) is 4.79 Å². The van der Waals surface area contributed by atoms with Crippen LogP contribution in [0.2, 0.25) is 0 Å². The van der Waals surface area contributed by atoms with Gasteiger partial charge < -0.3 is 5.32 Å². The van der Waals surface area contributed by atoms with Gasteiger partial charge in [0.25, 0.3) is 5.91 Å². The average Bonchev–Trinajstić information content (AvgIpc) is 2.95. The maximum Gasteiger partial charge on any atom is 0.325 e. The van der Waals surface area contributed by atoms with E-state index in [2.05, 4.69) is 21.2 Å². The maximum atomic E-state index is 13.6. The predicted octanol–water partition coefficient (Wildman–Crippen LogP) is 4.44. The van der Waals surface area contributed by atoms with Gasteiger partial charge in [-0.15, -0.1) is 0 Å². The van der Waals surface area contributed by atoms with Gasteiger partial charge in [-0.3, -0.25) is 9.69 Å². The smallest absolute Gasteiger partial charge is 0.315 e.